The van der Waals surface area contributed by atoms with Crippen LogP contribution in [0, 0.1) is 6.92 Å². The van der Waals surface area contributed by atoms with Crippen molar-refractivity contribution in [3.63, 3.8) is 0 Å². The maximum absolute atomic E-state index is 12.4. The van der Waals surface area contributed by atoms with Crippen LogP contribution in [0.3, 0.4) is 0 Å². The normalized spacial score (nSPS) is 12.5. The van der Waals surface area contributed by atoms with Gasteiger partial charge in [0.1, 0.15) is 0 Å². The van der Waals surface area contributed by atoms with Gasteiger partial charge in [-0.25, -0.2) is 0 Å². The lowest BCUT2D eigenvalue weighted by atomic mass is 10.0. The summed E-state index contributed by atoms with van der Waals surface area (Å²) < 4.78 is 1.57. The molecule has 0 aliphatic carbocycles. The number of fused-ring (bicyclic) bond motifs is 1. The van der Waals surface area contributed by atoms with Crippen molar-refractivity contribution in [2.24, 2.45) is 0 Å². The Hall–Kier alpha value is -2.39. The molecule has 106 valence electrons. The first-order chi connectivity index (χ1) is 10.2. The third-order valence-corrected chi connectivity index (χ3v) is 3.80. The van der Waals surface area contributed by atoms with Crippen LogP contribution in [0.5, 0.6) is 0 Å². The quantitative estimate of drug-likeness (QED) is 0.800. The van der Waals surface area contributed by atoms with Crippen molar-refractivity contribution in [2.45, 2.75) is 19.6 Å². The highest BCUT2D eigenvalue weighted by atomic mass is 16.3. The van der Waals surface area contributed by atoms with E-state index >= 15 is 0 Å². The Kier molecular flexibility index (Phi) is 3.59. The van der Waals surface area contributed by atoms with Gasteiger partial charge >= 0.3 is 0 Å². The summed E-state index contributed by atoms with van der Waals surface area (Å²) in [6.45, 7) is 2.22. The summed E-state index contributed by atoms with van der Waals surface area (Å²) in [5.41, 5.74) is 1.82. The van der Waals surface area contributed by atoms with Gasteiger partial charge in [0.15, 0.2) is 0 Å². The number of rotatable bonds is 3. The fourth-order valence-electron chi connectivity index (χ4n) is 2.62. The molecule has 1 atom stereocenters. The standard InChI is InChI=1S/C18H17NO2/c1-13-6-2-4-8-15(13)17(20)12-19-11-10-14-7-3-5-9-16(14)18(19)21/h2-11,17,20H,12H2,1H3. The number of aliphatic hydroxyl groups excluding tert-OH is 1. The number of benzene rings is 2. The Morgan fingerprint density at radius 3 is 2.57 bits per heavy atom. The van der Waals surface area contributed by atoms with Crippen molar-refractivity contribution in [3.05, 3.63) is 82.3 Å². The zero-order valence-corrected chi connectivity index (χ0v) is 11.9. The van der Waals surface area contributed by atoms with E-state index in [1.165, 1.54) is 0 Å². The number of aryl methyl sites for hydroxylation is 1. The molecule has 3 heteroatoms. The van der Waals surface area contributed by atoms with E-state index in [1.807, 2.05) is 61.5 Å². The zero-order valence-electron chi connectivity index (χ0n) is 11.9. The molecule has 0 aliphatic heterocycles. The molecule has 0 spiro atoms. The molecule has 1 unspecified atom stereocenters. The Labute approximate surface area is 123 Å². The summed E-state index contributed by atoms with van der Waals surface area (Å²) >= 11 is 0. The molecule has 0 fully saturated rings. The average molecular weight is 279 g/mol. The van der Waals surface area contributed by atoms with Gasteiger partial charge in [-0.2, -0.15) is 0 Å². The maximum Gasteiger partial charge on any atom is 0.258 e. The van der Waals surface area contributed by atoms with E-state index in [0.29, 0.717) is 5.39 Å². The molecule has 3 aromatic rings. The number of aliphatic hydroxyl groups is 1. The molecule has 1 aromatic heterocycles. The molecule has 0 bridgehead atoms. The van der Waals surface area contributed by atoms with Gasteiger partial charge in [0.2, 0.25) is 0 Å². The van der Waals surface area contributed by atoms with Crippen LogP contribution in [-0.4, -0.2) is 9.67 Å². The predicted octanol–water partition coefficient (Wildman–Crippen LogP) is 3.04. The summed E-state index contributed by atoms with van der Waals surface area (Å²) in [6.07, 6.45) is 1.05. The number of aromatic nitrogens is 1. The van der Waals surface area contributed by atoms with E-state index in [0.717, 1.165) is 16.5 Å². The molecule has 0 radical (unpaired) electrons. The van der Waals surface area contributed by atoms with Crippen LogP contribution >= 0.6 is 0 Å². The highest BCUT2D eigenvalue weighted by Gasteiger charge is 2.12. The second-order valence-electron chi connectivity index (χ2n) is 5.23. The molecular formula is C18H17NO2. The van der Waals surface area contributed by atoms with Gasteiger partial charge in [-0.3, -0.25) is 4.79 Å². The van der Waals surface area contributed by atoms with Crippen LogP contribution in [0.1, 0.15) is 17.2 Å². The van der Waals surface area contributed by atoms with Gasteiger partial charge in [-0.15, -0.1) is 0 Å². The van der Waals surface area contributed by atoms with Gasteiger partial charge in [0.25, 0.3) is 5.56 Å². The SMILES string of the molecule is Cc1ccccc1C(O)Cn1ccc2ccccc2c1=O. The Balaban J connectivity index is 1.97. The van der Waals surface area contributed by atoms with Crippen molar-refractivity contribution in [3.8, 4) is 0 Å². The lowest BCUT2D eigenvalue weighted by molar-refractivity contribution is 0.154. The maximum atomic E-state index is 12.4. The van der Waals surface area contributed by atoms with Gasteiger partial charge < -0.3 is 9.67 Å². The molecule has 0 saturated carbocycles. The summed E-state index contributed by atoms with van der Waals surface area (Å²) in [6, 6.07) is 17.1. The molecule has 1 heterocycles. The smallest absolute Gasteiger partial charge is 0.258 e. The van der Waals surface area contributed by atoms with Gasteiger partial charge in [0.05, 0.1) is 12.6 Å². The fraction of sp³-hybridized carbons (Fsp3) is 0.167. The van der Waals surface area contributed by atoms with E-state index in [4.69, 9.17) is 0 Å². The van der Waals surface area contributed by atoms with Crippen LogP contribution in [-0.2, 0) is 6.54 Å². The van der Waals surface area contributed by atoms with Crippen LogP contribution in [0.25, 0.3) is 10.8 Å². The molecule has 2 aromatic carbocycles. The number of hydrogen-bond acceptors (Lipinski definition) is 2. The van der Waals surface area contributed by atoms with Crippen molar-refractivity contribution < 1.29 is 5.11 Å². The van der Waals surface area contributed by atoms with Crippen molar-refractivity contribution >= 4 is 10.8 Å². The fourth-order valence-corrected chi connectivity index (χ4v) is 2.62. The van der Waals surface area contributed by atoms with Gasteiger partial charge in [-0.1, -0.05) is 42.5 Å². The molecule has 0 saturated heterocycles. The average Bonchev–Trinajstić information content (AvgIpc) is 2.51. The number of pyridine rings is 1. The lowest BCUT2D eigenvalue weighted by Gasteiger charge is -2.15. The Bertz CT molecular complexity index is 836. The van der Waals surface area contributed by atoms with E-state index in [1.54, 1.807) is 10.8 Å². The summed E-state index contributed by atoms with van der Waals surface area (Å²) in [5, 5.41) is 12.0. The molecule has 0 aliphatic rings. The van der Waals surface area contributed by atoms with Crippen LogP contribution in [0.15, 0.2) is 65.6 Å². The van der Waals surface area contributed by atoms with Crippen molar-refractivity contribution in [2.75, 3.05) is 0 Å². The highest BCUT2D eigenvalue weighted by molar-refractivity contribution is 5.81. The van der Waals surface area contributed by atoms with E-state index in [9.17, 15) is 9.90 Å². The number of nitrogens with zero attached hydrogens (tertiary/aromatic N) is 1. The minimum atomic E-state index is -0.690. The minimum Gasteiger partial charge on any atom is -0.387 e. The van der Waals surface area contributed by atoms with E-state index < -0.39 is 6.10 Å². The van der Waals surface area contributed by atoms with E-state index in [2.05, 4.69) is 0 Å². The third-order valence-electron chi connectivity index (χ3n) is 3.80. The largest absolute Gasteiger partial charge is 0.387 e. The molecule has 3 rings (SSSR count). The first-order valence-electron chi connectivity index (χ1n) is 6.98. The predicted molar refractivity (Wildman–Crippen MR) is 84.3 cm³/mol. The molecule has 3 nitrogen and oxygen atoms in total. The third kappa shape index (κ3) is 2.60. The summed E-state index contributed by atoms with van der Waals surface area (Å²) in [4.78, 5) is 12.4. The summed E-state index contributed by atoms with van der Waals surface area (Å²) in [5.74, 6) is 0. The molecule has 21 heavy (non-hydrogen) atoms. The first kappa shape index (κ1) is 13.6. The highest BCUT2D eigenvalue weighted by Crippen LogP contribution is 2.19. The van der Waals surface area contributed by atoms with Crippen molar-refractivity contribution in [1.82, 2.24) is 4.57 Å². The van der Waals surface area contributed by atoms with Crippen LogP contribution in [0.4, 0.5) is 0 Å². The minimum absolute atomic E-state index is 0.0688. The first-order valence-corrected chi connectivity index (χ1v) is 6.98. The van der Waals surface area contributed by atoms with Gasteiger partial charge in [-0.05, 0) is 35.6 Å². The lowest BCUT2D eigenvalue weighted by Crippen LogP contribution is -2.23. The second kappa shape index (κ2) is 5.54. The number of hydrogen-bond donors (Lipinski definition) is 1. The molecule has 0 amide bonds. The van der Waals surface area contributed by atoms with Crippen LogP contribution < -0.4 is 5.56 Å². The monoisotopic (exact) mass is 279 g/mol. The van der Waals surface area contributed by atoms with E-state index in [-0.39, 0.29) is 12.1 Å². The Morgan fingerprint density at radius 2 is 1.76 bits per heavy atom. The summed E-state index contributed by atoms with van der Waals surface area (Å²) in [7, 11) is 0. The van der Waals surface area contributed by atoms with Gasteiger partial charge in [0, 0.05) is 11.6 Å². The zero-order chi connectivity index (χ0) is 14.8. The molecular weight excluding hydrogens is 262 g/mol. The Morgan fingerprint density at radius 1 is 1.05 bits per heavy atom. The van der Waals surface area contributed by atoms with Crippen molar-refractivity contribution in [1.29, 1.82) is 0 Å². The van der Waals surface area contributed by atoms with Crippen LogP contribution in [0.2, 0.25) is 0 Å². The second-order valence-corrected chi connectivity index (χ2v) is 5.23. The topological polar surface area (TPSA) is 42.2 Å². The molecule has 1 N–H and O–H groups in total.